The van der Waals surface area contributed by atoms with Gasteiger partial charge in [-0.25, -0.2) is 0 Å². The number of halogens is 3. The third-order valence-corrected chi connectivity index (χ3v) is 1.87. The van der Waals surface area contributed by atoms with Crippen LogP contribution in [0.15, 0.2) is 0 Å². The summed E-state index contributed by atoms with van der Waals surface area (Å²) in [7, 11) is 0. The molecule has 0 saturated heterocycles. The average Bonchev–Trinajstić information content (AvgIpc) is 2.60. The fourth-order valence-corrected chi connectivity index (χ4v) is 1.27. The second-order valence-electron chi connectivity index (χ2n) is 3.45. The summed E-state index contributed by atoms with van der Waals surface area (Å²) in [5, 5.41) is 0. The molecule has 1 aliphatic rings. The van der Waals surface area contributed by atoms with Crippen LogP contribution < -0.4 is 0 Å². The van der Waals surface area contributed by atoms with Crippen LogP contribution >= 0.6 is 0 Å². The van der Waals surface area contributed by atoms with Crippen molar-refractivity contribution in [3.63, 3.8) is 0 Å². The van der Waals surface area contributed by atoms with E-state index < -0.39 is 12.7 Å². The van der Waals surface area contributed by atoms with Gasteiger partial charge in [0, 0.05) is 6.04 Å². The molecule has 0 bridgehead atoms. The highest BCUT2D eigenvalue weighted by molar-refractivity contribution is 5.77. The average molecular weight is 195 g/mol. The third-order valence-electron chi connectivity index (χ3n) is 1.87. The first-order valence-electron chi connectivity index (χ1n) is 4.19. The minimum absolute atomic E-state index is 0.0227. The summed E-state index contributed by atoms with van der Waals surface area (Å²) in [6, 6.07) is -0.0227. The molecule has 0 spiro atoms. The first-order valence-corrected chi connectivity index (χ1v) is 4.19. The summed E-state index contributed by atoms with van der Waals surface area (Å²) in [5.74, 6) is -0.212. The maximum atomic E-state index is 12.0. The van der Waals surface area contributed by atoms with Crippen LogP contribution in [0.4, 0.5) is 13.2 Å². The van der Waals surface area contributed by atoms with E-state index in [2.05, 4.69) is 0 Å². The molecular weight excluding hydrogens is 183 g/mol. The van der Waals surface area contributed by atoms with Gasteiger partial charge in [-0.05, 0) is 19.8 Å². The van der Waals surface area contributed by atoms with E-state index in [1.165, 1.54) is 11.8 Å². The van der Waals surface area contributed by atoms with Crippen molar-refractivity contribution in [2.75, 3.05) is 13.1 Å². The van der Waals surface area contributed by atoms with Crippen LogP contribution in [0.3, 0.4) is 0 Å². The summed E-state index contributed by atoms with van der Waals surface area (Å²) in [5.41, 5.74) is 0. The molecule has 1 rings (SSSR count). The highest BCUT2D eigenvalue weighted by atomic mass is 19.4. The molecular formula is C8H12F3NO. The van der Waals surface area contributed by atoms with Crippen LogP contribution in [0.25, 0.3) is 0 Å². The molecule has 0 aliphatic heterocycles. The van der Waals surface area contributed by atoms with E-state index in [0.717, 1.165) is 12.8 Å². The van der Waals surface area contributed by atoms with Crippen molar-refractivity contribution in [2.45, 2.75) is 32.0 Å². The molecule has 13 heavy (non-hydrogen) atoms. The second kappa shape index (κ2) is 3.65. The van der Waals surface area contributed by atoms with Gasteiger partial charge in [0.25, 0.3) is 0 Å². The van der Waals surface area contributed by atoms with Gasteiger partial charge in [-0.1, -0.05) is 0 Å². The highest BCUT2D eigenvalue weighted by Gasteiger charge is 2.38. The van der Waals surface area contributed by atoms with Crippen LogP contribution in [0.5, 0.6) is 0 Å². The molecule has 5 heteroatoms. The smallest absolute Gasteiger partial charge is 0.299 e. The van der Waals surface area contributed by atoms with Crippen LogP contribution in [-0.4, -0.2) is 36.0 Å². The Balaban J connectivity index is 2.42. The first-order chi connectivity index (χ1) is 5.88. The Morgan fingerprint density at radius 3 is 2.31 bits per heavy atom. The van der Waals surface area contributed by atoms with Gasteiger partial charge in [-0.3, -0.25) is 9.69 Å². The van der Waals surface area contributed by atoms with Crippen molar-refractivity contribution < 1.29 is 18.0 Å². The molecule has 0 N–H and O–H groups in total. The SMILES string of the molecule is CC(=O)CN(CC(F)(F)F)C1CC1. The third kappa shape index (κ3) is 4.26. The van der Waals surface area contributed by atoms with Crippen molar-refractivity contribution in [3.8, 4) is 0 Å². The van der Waals surface area contributed by atoms with Gasteiger partial charge in [-0.15, -0.1) is 0 Å². The van der Waals surface area contributed by atoms with Crippen molar-refractivity contribution in [1.29, 1.82) is 0 Å². The Morgan fingerprint density at radius 2 is 2.00 bits per heavy atom. The predicted molar refractivity (Wildman–Crippen MR) is 41.3 cm³/mol. The maximum absolute atomic E-state index is 12.0. The van der Waals surface area contributed by atoms with Crippen LogP contribution in [-0.2, 0) is 4.79 Å². The van der Waals surface area contributed by atoms with Crippen molar-refractivity contribution in [3.05, 3.63) is 0 Å². The molecule has 76 valence electrons. The second-order valence-corrected chi connectivity index (χ2v) is 3.45. The maximum Gasteiger partial charge on any atom is 0.401 e. The number of carbonyl (C=O) groups is 1. The Kier molecular flexibility index (Phi) is 2.95. The molecule has 1 saturated carbocycles. The molecule has 0 amide bonds. The van der Waals surface area contributed by atoms with Gasteiger partial charge in [0.1, 0.15) is 5.78 Å². The number of hydrogen-bond acceptors (Lipinski definition) is 2. The fraction of sp³-hybridized carbons (Fsp3) is 0.875. The lowest BCUT2D eigenvalue weighted by molar-refractivity contribution is -0.149. The molecule has 0 heterocycles. The van der Waals surface area contributed by atoms with Gasteiger partial charge < -0.3 is 0 Å². The lowest BCUT2D eigenvalue weighted by Gasteiger charge is -2.21. The van der Waals surface area contributed by atoms with Crippen molar-refractivity contribution >= 4 is 5.78 Å². The summed E-state index contributed by atoms with van der Waals surface area (Å²) in [6.45, 7) is 0.271. The zero-order valence-electron chi connectivity index (χ0n) is 7.40. The normalized spacial score (nSPS) is 17.9. The number of rotatable bonds is 4. The van der Waals surface area contributed by atoms with E-state index in [1.807, 2.05) is 0 Å². The molecule has 2 nitrogen and oxygen atoms in total. The Hall–Kier alpha value is -0.580. The quantitative estimate of drug-likeness (QED) is 0.679. The van der Waals surface area contributed by atoms with E-state index in [9.17, 15) is 18.0 Å². The highest BCUT2D eigenvalue weighted by Crippen LogP contribution is 2.29. The summed E-state index contributed by atoms with van der Waals surface area (Å²) in [4.78, 5) is 11.9. The fourth-order valence-electron chi connectivity index (χ4n) is 1.27. The van der Waals surface area contributed by atoms with Crippen LogP contribution in [0, 0.1) is 0 Å². The molecule has 1 fully saturated rings. The van der Waals surface area contributed by atoms with Gasteiger partial charge in [0.2, 0.25) is 0 Å². The van der Waals surface area contributed by atoms with E-state index >= 15 is 0 Å². The van der Waals surface area contributed by atoms with Gasteiger partial charge in [0.05, 0.1) is 13.1 Å². The number of Topliss-reactive ketones (excluding diaryl/α,β-unsaturated/α-hetero) is 1. The minimum atomic E-state index is -4.20. The first kappa shape index (κ1) is 10.5. The zero-order valence-corrected chi connectivity index (χ0v) is 7.40. The van der Waals surface area contributed by atoms with Crippen molar-refractivity contribution in [1.82, 2.24) is 4.90 Å². The molecule has 0 aromatic heterocycles. The molecule has 0 atom stereocenters. The standard InChI is InChI=1S/C8H12F3NO/c1-6(13)4-12(7-2-3-7)5-8(9,10)11/h7H,2-5H2,1H3. The number of carbonyl (C=O) groups excluding carboxylic acids is 1. The largest absolute Gasteiger partial charge is 0.401 e. The monoisotopic (exact) mass is 195 g/mol. The molecule has 0 unspecified atom stereocenters. The Morgan fingerprint density at radius 1 is 1.46 bits per heavy atom. The van der Waals surface area contributed by atoms with E-state index in [4.69, 9.17) is 0 Å². The van der Waals surface area contributed by atoms with E-state index in [-0.39, 0.29) is 18.4 Å². The topological polar surface area (TPSA) is 20.3 Å². The van der Waals surface area contributed by atoms with Gasteiger partial charge in [0.15, 0.2) is 0 Å². The van der Waals surface area contributed by atoms with Crippen LogP contribution in [0.1, 0.15) is 19.8 Å². The lowest BCUT2D eigenvalue weighted by Crippen LogP contribution is -2.38. The molecule has 1 aliphatic carbocycles. The number of ketones is 1. The van der Waals surface area contributed by atoms with Crippen molar-refractivity contribution in [2.24, 2.45) is 0 Å². The van der Waals surface area contributed by atoms with Crippen LogP contribution in [0.2, 0.25) is 0 Å². The zero-order chi connectivity index (χ0) is 10.1. The van der Waals surface area contributed by atoms with E-state index in [0.29, 0.717) is 0 Å². The molecule has 0 aromatic rings. The predicted octanol–water partition coefficient (Wildman–Crippen LogP) is 1.60. The lowest BCUT2D eigenvalue weighted by atomic mass is 10.3. The van der Waals surface area contributed by atoms with Gasteiger partial charge >= 0.3 is 6.18 Å². The molecule has 0 radical (unpaired) electrons. The summed E-state index contributed by atoms with van der Waals surface area (Å²) in [6.07, 6.45) is -2.63. The number of hydrogen-bond donors (Lipinski definition) is 0. The molecule has 0 aromatic carbocycles. The summed E-state index contributed by atoms with van der Waals surface area (Å²) < 4.78 is 36.0. The van der Waals surface area contributed by atoms with Gasteiger partial charge in [-0.2, -0.15) is 13.2 Å². The number of nitrogens with zero attached hydrogens (tertiary/aromatic N) is 1. The summed E-state index contributed by atoms with van der Waals surface area (Å²) >= 11 is 0. The van der Waals surface area contributed by atoms with E-state index in [1.54, 1.807) is 0 Å². The minimum Gasteiger partial charge on any atom is -0.299 e. The number of alkyl halides is 3. The Bertz CT molecular complexity index is 198. The Labute approximate surface area is 74.7 Å².